The van der Waals surface area contributed by atoms with E-state index in [0.29, 0.717) is 65.8 Å². The number of β-amino-alcohol motifs (C(OH)–C–C–N with tert-alkyl or cyclic N) is 1. The van der Waals surface area contributed by atoms with Gasteiger partial charge < -0.3 is 20.4 Å². The van der Waals surface area contributed by atoms with E-state index in [0.717, 1.165) is 11.1 Å². The van der Waals surface area contributed by atoms with Gasteiger partial charge in [-0.2, -0.15) is 10.5 Å². The Morgan fingerprint density at radius 3 is 2.50 bits per heavy atom. The average Bonchev–Trinajstić information content (AvgIpc) is 3.26. The number of aromatic nitrogens is 1. The summed E-state index contributed by atoms with van der Waals surface area (Å²) < 4.78 is 0. The average molecular weight is 452 g/mol. The van der Waals surface area contributed by atoms with Crippen molar-refractivity contribution in [1.82, 2.24) is 10.3 Å². The van der Waals surface area contributed by atoms with Gasteiger partial charge in [0.05, 0.1) is 17.2 Å². The van der Waals surface area contributed by atoms with Crippen LogP contribution in [0.2, 0.25) is 0 Å². The van der Waals surface area contributed by atoms with E-state index in [1.54, 1.807) is 0 Å². The van der Waals surface area contributed by atoms with Crippen molar-refractivity contribution >= 4 is 23.5 Å². The molecule has 0 aliphatic carbocycles. The molecule has 0 radical (unpaired) electrons. The summed E-state index contributed by atoms with van der Waals surface area (Å²) in [5.41, 5.74) is 3.48. The smallest absolute Gasteiger partial charge is 0.245 e. The quantitative estimate of drug-likeness (QED) is 0.518. The second kappa shape index (κ2) is 11.0. The Labute approximate surface area is 191 Å². The third kappa shape index (κ3) is 5.38. The summed E-state index contributed by atoms with van der Waals surface area (Å²) in [5.74, 6) is 0.702. The van der Waals surface area contributed by atoms with Crippen LogP contribution in [0.15, 0.2) is 29.3 Å². The van der Waals surface area contributed by atoms with Crippen molar-refractivity contribution in [2.75, 3.05) is 24.6 Å². The lowest BCUT2D eigenvalue weighted by Crippen LogP contribution is -2.25. The molecule has 1 saturated heterocycles. The zero-order valence-electron chi connectivity index (χ0n) is 17.8. The molecule has 1 fully saturated rings. The maximum Gasteiger partial charge on any atom is 0.245 e. The largest absolute Gasteiger partial charge is 0.391 e. The van der Waals surface area contributed by atoms with Gasteiger partial charge in [-0.1, -0.05) is 31.2 Å². The highest BCUT2D eigenvalue weighted by atomic mass is 32.2. The summed E-state index contributed by atoms with van der Waals surface area (Å²) in [4.78, 5) is 17.8. The molecule has 1 amide bonds. The minimum Gasteiger partial charge on any atom is -0.391 e. The summed E-state index contributed by atoms with van der Waals surface area (Å²) in [6.45, 7) is 2.77. The Morgan fingerprint density at radius 1 is 1.25 bits per heavy atom. The molecule has 0 bridgehead atoms. The van der Waals surface area contributed by atoms with Crippen LogP contribution >= 0.6 is 11.8 Å². The lowest BCUT2D eigenvalue weighted by Gasteiger charge is -2.21. The van der Waals surface area contributed by atoms with Crippen LogP contribution in [0.4, 0.5) is 5.82 Å². The first-order valence-electron chi connectivity index (χ1n) is 10.4. The van der Waals surface area contributed by atoms with Crippen LogP contribution in [0, 0.1) is 22.7 Å². The number of anilines is 1. The second-order valence-electron chi connectivity index (χ2n) is 7.47. The van der Waals surface area contributed by atoms with Crippen molar-refractivity contribution in [2.45, 2.75) is 43.2 Å². The molecule has 1 unspecified atom stereocenters. The van der Waals surface area contributed by atoms with E-state index in [9.17, 15) is 20.4 Å². The third-order valence-electron chi connectivity index (χ3n) is 5.32. The Kier molecular flexibility index (Phi) is 8.07. The molecule has 1 aliphatic heterocycles. The summed E-state index contributed by atoms with van der Waals surface area (Å²) in [5, 5.41) is 41.4. The first kappa shape index (κ1) is 23.6. The lowest BCUT2D eigenvalue weighted by atomic mass is 10.0. The molecule has 3 rings (SSSR count). The van der Waals surface area contributed by atoms with E-state index < -0.39 is 18.6 Å². The fraction of sp³-hybridized carbons (Fsp3) is 0.391. The number of carbonyl (C=O) groups excluding carboxylic acids is 1. The number of nitrogens with one attached hydrogen (secondary N) is 1. The van der Waals surface area contributed by atoms with Gasteiger partial charge in [0, 0.05) is 25.4 Å². The number of nitriles is 2. The van der Waals surface area contributed by atoms with Crippen molar-refractivity contribution in [2.24, 2.45) is 0 Å². The minimum absolute atomic E-state index is 0.341. The number of amides is 1. The van der Waals surface area contributed by atoms with E-state index in [-0.39, 0.29) is 0 Å². The number of pyridine rings is 1. The van der Waals surface area contributed by atoms with Gasteiger partial charge in [-0.05, 0) is 29.5 Å². The summed E-state index contributed by atoms with van der Waals surface area (Å²) in [7, 11) is 0. The van der Waals surface area contributed by atoms with E-state index in [1.165, 1.54) is 11.8 Å². The maximum absolute atomic E-state index is 11.2. The molecular formula is C23H25N5O3S. The molecule has 2 heterocycles. The summed E-state index contributed by atoms with van der Waals surface area (Å²) in [6.07, 6.45) is 0.724. The molecule has 166 valence electrons. The monoisotopic (exact) mass is 451 g/mol. The van der Waals surface area contributed by atoms with Gasteiger partial charge in [0.15, 0.2) is 0 Å². The van der Waals surface area contributed by atoms with Crippen molar-refractivity contribution in [3.05, 3.63) is 52.1 Å². The van der Waals surface area contributed by atoms with Crippen molar-refractivity contribution in [1.29, 1.82) is 10.5 Å². The molecule has 1 aromatic heterocycles. The molecule has 1 aliphatic rings. The molecular weight excluding hydrogens is 426 g/mol. The minimum atomic E-state index is -0.536. The van der Waals surface area contributed by atoms with Crippen LogP contribution in [0.1, 0.15) is 41.2 Å². The van der Waals surface area contributed by atoms with Crippen LogP contribution in [0.25, 0.3) is 0 Å². The molecule has 0 saturated carbocycles. The predicted molar refractivity (Wildman–Crippen MR) is 121 cm³/mol. The number of aliphatic hydroxyl groups excluding tert-OH is 2. The SMILES string of the molecule is CCc1c(C#N)c(SCc2ccc(CNC(=O)CO)cc2)nc(N2CCC(O)C2)c1C#N. The second-order valence-corrected chi connectivity index (χ2v) is 8.44. The van der Waals surface area contributed by atoms with E-state index in [1.807, 2.05) is 36.1 Å². The Hall–Kier alpha value is -3.11. The zero-order valence-corrected chi connectivity index (χ0v) is 18.7. The molecule has 0 spiro atoms. The molecule has 8 nitrogen and oxygen atoms in total. The first-order chi connectivity index (χ1) is 15.5. The van der Waals surface area contributed by atoms with E-state index in [2.05, 4.69) is 17.5 Å². The Morgan fingerprint density at radius 2 is 1.94 bits per heavy atom. The van der Waals surface area contributed by atoms with Gasteiger partial charge >= 0.3 is 0 Å². The number of nitrogens with zero attached hydrogens (tertiary/aromatic N) is 4. The van der Waals surface area contributed by atoms with Crippen LogP contribution < -0.4 is 10.2 Å². The first-order valence-corrected chi connectivity index (χ1v) is 11.4. The van der Waals surface area contributed by atoms with Crippen molar-refractivity contribution < 1.29 is 15.0 Å². The van der Waals surface area contributed by atoms with Crippen molar-refractivity contribution in [3.63, 3.8) is 0 Å². The topological polar surface area (TPSA) is 133 Å². The fourth-order valence-electron chi connectivity index (χ4n) is 3.61. The number of aliphatic hydroxyl groups is 2. The normalized spacial score (nSPS) is 15.3. The number of rotatable bonds is 8. The molecule has 2 aromatic rings. The highest BCUT2D eigenvalue weighted by Crippen LogP contribution is 2.34. The third-order valence-corrected chi connectivity index (χ3v) is 6.37. The zero-order chi connectivity index (χ0) is 23.1. The highest BCUT2D eigenvalue weighted by molar-refractivity contribution is 7.98. The Balaban J connectivity index is 1.82. The standard InChI is InChI=1S/C23H25N5O3S/c1-2-18-19(9-24)22(28-8-7-17(30)12-28)27-23(20(18)10-25)32-14-16-5-3-15(4-6-16)11-26-21(31)13-29/h3-6,17,29-30H,2,7-8,11-14H2,1H3,(H,26,31). The van der Waals surface area contributed by atoms with Gasteiger partial charge in [0.25, 0.3) is 0 Å². The summed E-state index contributed by atoms with van der Waals surface area (Å²) in [6, 6.07) is 12.1. The lowest BCUT2D eigenvalue weighted by molar-refractivity contribution is -0.123. The van der Waals surface area contributed by atoms with Gasteiger partial charge in [-0.3, -0.25) is 4.79 Å². The van der Waals surface area contributed by atoms with Gasteiger partial charge in [0.1, 0.15) is 29.6 Å². The van der Waals surface area contributed by atoms with E-state index in [4.69, 9.17) is 10.1 Å². The number of hydrogen-bond donors (Lipinski definition) is 3. The number of thioether (sulfide) groups is 1. The molecule has 32 heavy (non-hydrogen) atoms. The van der Waals surface area contributed by atoms with Gasteiger partial charge in [0.2, 0.25) is 5.91 Å². The molecule has 3 N–H and O–H groups in total. The Bertz CT molecular complexity index is 1060. The molecule has 1 aromatic carbocycles. The summed E-state index contributed by atoms with van der Waals surface area (Å²) >= 11 is 1.44. The number of hydrogen-bond acceptors (Lipinski definition) is 8. The van der Waals surface area contributed by atoms with Gasteiger partial charge in [-0.15, -0.1) is 11.8 Å². The van der Waals surface area contributed by atoms with E-state index >= 15 is 0 Å². The predicted octanol–water partition coefficient (Wildman–Crippen LogP) is 1.86. The van der Waals surface area contributed by atoms with Crippen molar-refractivity contribution in [3.8, 4) is 12.1 Å². The number of benzene rings is 1. The molecule has 1 atom stereocenters. The fourth-order valence-corrected chi connectivity index (χ4v) is 4.57. The van der Waals surface area contributed by atoms with Gasteiger partial charge in [-0.25, -0.2) is 4.98 Å². The van der Waals surface area contributed by atoms with Crippen LogP contribution in [-0.2, 0) is 23.5 Å². The van der Waals surface area contributed by atoms with Crippen LogP contribution in [-0.4, -0.2) is 46.9 Å². The molecule has 9 heteroatoms. The number of carbonyl (C=O) groups is 1. The van der Waals surface area contributed by atoms with Crippen LogP contribution in [0.3, 0.4) is 0 Å². The van der Waals surface area contributed by atoms with Crippen LogP contribution in [0.5, 0.6) is 0 Å². The highest BCUT2D eigenvalue weighted by Gasteiger charge is 2.27. The maximum atomic E-state index is 11.2.